The van der Waals surface area contributed by atoms with Gasteiger partial charge in [0, 0.05) is 12.6 Å². The quantitative estimate of drug-likeness (QED) is 0.926. The number of aryl methyl sites for hydroxylation is 1. The van der Waals surface area contributed by atoms with Crippen molar-refractivity contribution in [2.45, 2.75) is 19.0 Å². The van der Waals surface area contributed by atoms with E-state index in [2.05, 4.69) is 4.98 Å². The summed E-state index contributed by atoms with van der Waals surface area (Å²) in [5.41, 5.74) is -0.494. The number of ether oxygens (including phenoxy) is 2. The van der Waals surface area contributed by atoms with E-state index in [4.69, 9.17) is 14.6 Å². The number of carbonyl (C=O) groups is 1. The molecule has 1 aliphatic heterocycles. The van der Waals surface area contributed by atoms with Crippen molar-refractivity contribution in [1.29, 1.82) is 0 Å². The summed E-state index contributed by atoms with van der Waals surface area (Å²) in [4.78, 5) is 13.4. The first-order valence-corrected chi connectivity index (χ1v) is 6.29. The van der Waals surface area contributed by atoms with E-state index in [0.717, 1.165) is 38.7 Å². The second kappa shape index (κ2) is 8.58. The minimum atomic E-state index is -4.45. The van der Waals surface area contributed by atoms with Crippen LogP contribution in [0.2, 0.25) is 0 Å². The third-order valence-corrected chi connectivity index (χ3v) is 2.49. The van der Waals surface area contributed by atoms with Gasteiger partial charge in [0.15, 0.2) is 0 Å². The molecule has 1 aromatic heterocycles. The lowest BCUT2D eigenvalue weighted by Crippen LogP contribution is -2.16. The van der Waals surface area contributed by atoms with Gasteiger partial charge in [0.2, 0.25) is 0 Å². The van der Waals surface area contributed by atoms with Crippen molar-refractivity contribution in [3.05, 3.63) is 29.6 Å². The number of carboxylic acid groups (broad SMARTS) is 1. The fourth-order valence-electron chi connectivity index (χ4n) is 1.43. The van der Waals surface area contributed by atoms with E-state index < -0.39 is 17.8 Å². The van der Waals surface area contributed by atoms with Gasteiger partial charge in [-0.2, -0.15) is 13.2 Å². The Labute approximate surface area is 119 Å². The van der Waals surface area contributed by atoms with Gasteiger partial charge >= 0.3 is 12.1 Å². The highest BCUT2D eigenvalue weighted by Crippen LogP contribution is 2.27. The fraction of sp³-hybridized carbons (Fsp3) is 0.538. The van der Waals surface area contributed by atoms with Gasteiger partial charge in [-0.1, -0.05) is 6.07 Å². The van der Waals surface area contributed by atoms with Crippen molar-refractivity contribution in [2.24, 2.45) is 0 Å². The third kappa shape index (κ3) is 7.62. The lowest BCUT2D eigenvalue weighted by molar-refractivity contribution is -0.141. The average molecular weight is 307 g/mol. The Morgan fingerprint density at radius 2 is 1.76 bits per heavy atom. The van der Waals surface area contributed by atoms with Crippen LogP contribution in [0.3, 0.4) is 0 Å². The molecule has 1 N–H and O–H groups in total. The SMILES string of the molecule is C1COCCO1.O=C(O)CCc1ccc(C(F)(F)F)nc1. The lowest BCUT2D eigenvalue weighted by Gasteiger charge is -2.09. The Hall–Kier alpha value is -1.67. The van der Waals surface area contributed by atoms with E-state index in [1.165, 1.54) is 6.07 Å². The molecule has 0 unspecified atom stereocenters. The van der Waals surface area contributed by atoms with Crippen LogP contribution in [0.15, 0.2) is 18.3 Å². The molecule has 1 aliphatic rings. The van der Waals surface area contributed by atoms with Gasteiger partial charge in [0.1, 0.15) is 5.69 Å². The normalized spacial score (nSPS) is 15.0. The smallest absolute Gasteiger partial charge is 0.433 e. The molecule has 0 radical (unpaired) electrons. The first kappa shape index (κ1) is 17.4. The van der Waals surface area contributed by atoms with Gasteiger partial charge < -0.3 is 14.6 Å². The topological polar surface area (TPSA) is 68.7 Å². The first-order chi connectivity index (χ1) is 9.89. The zero-order valence-electron chi connectivity index (χ0n) is 11.2. The van der Waals surface area contributed by atoms with Crippen LogP contribution in [-0.2, 0) is 26.9 Å². The summed E-state index contributed by atoms with van der Waals surface area (Å²) in [6.45, 7) is 3.11. The largest absolute Gasteiger partial charge is 0.481 e. The molecule has 1 fully saturated rings. The predicted octanol–water partition coefficient (Wildman–Crippen LogP) is 2.15. The highest BCUT2D eigenvalue weighted by atomic mass is 19.4. The summed E-state index contributed by atoms with van der Waals surface area (Å²) in [5, 5.41) is 8.36. The Kier molecular flexibility index (Phi) is 7.10. The number of rotatable bonds is 3. The van der Waals surface area contributed by atoms with Crippen LogP contribution in [0, 0.1) is 0 Å². The van der Waals surface area contributed by atoms with E-state index >= 15 is 0 Å². The van der Waals surface area contributed by atoms with Crippen LogP contribution in [0.5, 0.6) is 0 Å². The maximum atomic E-state index is 12.1. The molecular weight excluding hydrogens is 291 g/mol. The number of aromatic nitrogens is 1. The second-order valence-corrected chi connectivity index (χ2v) is 4.17. The van der Waals surface area contributed by atoms with Gasteiger partial charge in [-0.15, -0.1) is 0 Å². The molecule has 2 rings (SSSR count). The summed E-state index contributed by atoms with van der Waals surface area (Å²) in [5.74, 6) is -0.991. The standard InChI is InChI=1S/C9H8F3NO2.C4H8O2/c10-9(11,12)7-3-1-6(5-13-7)2-4-8(14)15;1-2-6-4-3-5-1/h1,3,5H,2,4H2,(H,14,15);1-4H2. The van der Waals surface area contributed by atoms with Crippen LogP contribution < -0.4 is 0 Å². The van der Waals surface area contributed by atoms with E-state index in [-0.39, 0.29) is 12.8 Å². The molecule has 0 amide bonds. The van der Waals surface area contributed by atoms with Crippen LogP contribution in [0.4, 0.5) is 13.2 Å². The molecule has 118 valence electrons. The third-order valence-electron chi connectivity index (χ3n) is 2.49. The molecule has 5 nitrogen and oxygen atoms in total. The number of hydrogen-bond donors (Lipinski definition) is 1. The molecule has 0 bridgehead atoms. The highest BCUT2D eigenvalue weighted by molar-refractivity contribution is 5.67. The van der Waals surface area contributed by atoms with E-state index in [9.17, 15) is 18.0 Å². The van der Waals surface area contributed by atoms with Crippen molar-refractivity contribution in [3.63, 3.8) is 0 Å². The van der Waals surface area contributed by atoms with Gasteiger partial charge in [-0.05, 0) is 18.1 Å². The summed E-state index contributed by atoms with van der Waals surface area (Å²) < 4.78 is 46.1. The van der Waals surface area contributed by atoms with Crippen LogP contribution >= 0.6 is 0 Å². The van der Waals surface area contributed by atoms with E-state index in [1.54, 1.807) is 0 Å². The molecule has 21 heavy (non-hydrogen) atoms. The van der Waals surface area contributed by atoms with Gasteiger partial charge in [0.05, 0.1) is 26.4 Å². The van der Waals surface area contributed by atoms with Gasteiger partial charge in [-0.3, -0.25) is 9.78 Å². The van der Waals surface area contributed by atoms with E-state index in [0.29, 0.717) is 5.56 Å². The van der Waals surface area contributed by atoms with Crippen molar-refractivity contribution in [2.75, 3.05) is 26.4 Å². The maximum Gasteiger partial charge on any atom is 0.433 e. The molecule has 1 aromatic rings. The molecule has 0 aromatic carbocycles. The molecule has 8 heteroatoms. The summed E-state index contributed by atoms with van der Waals surface area (Å²) in [6, 6.07) is 2.08. The van der Waals surface area contributed by atoms with Crippen molar-refractivity contribution >= 4 is 5.97 Å². The molecule has 0 aliphatic carbocycles. The summed E-state index contributed by atoms with van der Waals surface area (Å²) in [7, 11) is 0. The number of pyridine rings is 1. The second-order valence-electron chi connectivity index (χ2n) is 4.17. The summed E-state index contributed by atoms with van der Waals surface area (Å²) in [6.07, 6.45) is -3.34. The average Bonchev–Trinajstić information content (AvgIpc) is 2.47. The Balaban J connectivity index is 0.000000304. The number of alkyl halides is 3. The minimum Gasteiger partial charge on any atom is -0.481 e. The fourth-order valence-corrected chi connectivity index (χ4v) is 1.43. The lowest BCUT2D eigenvalue weighted by atomic mass is 10.1. The number of aliphatic carboxylic acids is 1. The molecule has 2 heterocycles. The highest BCUT2D eigenvalue weighted by Gasteiger charge is 2.31. The number of nitrogens with zero attached hydrogens (tertiary/aromatic N) is 1. The summed E-state index contributed by atoms with van der Waals surface area (Å²) >= 11 is 0. The van der Waals surface area contributed by atoms with Gasteiger partial charge in [-0.25, -0.2) is 0 Å². The van der Waals surface area contributed by atoms with Crippen molar-refractivity contribution in [3.8, 4) is 0 Å². The molecule has 1 saturated heterocycles. The zero-order chi connectivity index (χ0) is 15.7. The monoisotopic (exact) mass is 307 g/mol. The first-order valence-electron chi connectivity index (χ1n) is 6.29. The van der Waals surface area contributed by atoms with Crippen LogP contribution in [0.1, 0.15) is 17.7 Å². The molecule has 0 saturated carbocycles. The Morgan fingerprint density at radius 3 is 2.10 bits per heavy atom. The van der Waals surface area contributed by atoms with Crippen LogP contribution in [0.25, 0.3) is 0 Å². The molecule has 0 spiro atoms. The maximum absolute atomic E-state index is 12.1. The number of halogens is 3. The minimum absolute atomic E-state index is 0.118. The number of hydrogen-bond acceptors (Lipinski definition) is 4. The Morgan fingerprint density at radius 1 is 1.19 bits per heavy atom. The van der Waals surface area contributed by atoms with Crippen molar-refractivity contribution < 1.29 is 32.5 Å². The zero-order valence-corrected chi connectivity index (χ0v) is 11.2. The van der Waals surface area contributed by atoms with E-state index in [1.807, 2.05) is 0 Å². The predicted molar refractivity (Wildman–Crippen MR) is 66.8 cm³/mol. The van der Waals surface area contributed by atoms with Crippen molar-refractivity contribution in [1.82, 2.24) is 4.98 Å². The van der Waals surface area contributed by atoms with Gasteiger partial charge in [0.25, 0.3) is 0 Å². The number of carboxylic acids is 1. The molecule has 0 atom stereocenters. The van der Waals surface area contributed by atoms with Crippen LogP contribution in [-0.4, -0.2) is 42.5 Å². The Bertz CT molecular complexity index is 419. The molecular formula is C13H16F3NO4.